The molecule has 8 heteroatoms. The van der Waals surface area contributed by atoms with Crippen LogP contribution in [0.1, 0.15) is 17.7 Å². The molecule has 2 N–H and O–H groups in total. The number of ether oxygens (including phenoxy) is 1. The van der Waals surface area contributed by atoms with Gasteiger partial charge in [0.1, 0.15) is 4.90 Å². The molecule has 2 rings (SSSR count). The van der Waals surface area contributed by atoms with Gasteiger partial charge in [-0.05, 0) is 41.9 Å². The van der Waals surface area contributed by atoms with E-state index in [2.05, 4.69) is 26.0 Å². The molecule has 1 saturated heterocycles. The van der Waals surface area contributed by atoms with E-state index in [0.29, 0.717) is 28.4 Å². The van der Waals surface area contributed by atoms with Crippen molar-refractivity contribution in [2.75, 3.05) is 20.3 Å². The Bertz CT molecular complexity index is 524. The van der Waals surface area contributed by atoms with E-state index in [4.69, 9.17) is 4.74 Å². The number of rotatable bonds is 5. The van der Waals surface area contributed by atoms with Crippen LogP contribution in [0.25, 0.3) is 0 Å². The van der Waals surface area contributed by atoms with Crippen LogP contribution in [-0.2, 0) is 21.3 Å². The van der Waals surface area contributed by atoms with Gasteiger partial charge in [-0.2, -0.15) is 0 Å². The van der Waals surface area contributed by atoms with Crippen molar-refractivity contribution in [2.24, 2.45) is 0 Å². The van der Waals surface area contributed by atoms with Gasteiger partial charge in [0.2, 0.25) is 10.0 Å². The van der Waals surface area contributed by atoms with Crippen molar-refractivity contribution in [3.05, 3.63) is 14.7 Å². The summed E-state index contributed by atoms with van der Waals surface area (Å²) in [6.45, 7) is 1.82. The Morgan fingerprint density at radius 2 is 2.37 bits per heavy atom. The standard InChI is InChI=1S/C11H17BrN2O3S2/c1-13-6-9-5-10(11(12)18-9)19(15,16)14-8-3-2-4-17-7-8/h5,8,13-14H,2-4,6-7H2,1H3. The van der Waals surface area contributed by atoms with Crippen LogP contribution in [0.4, 0.5) is 0 Å². The molecule has 0 amide bonds. The molecule has 1 fully saturated rings. The van der Waals surface area contributed by atoms with E-state index in [1.807, 2.05) is 7.05 Å². The molecule has 2 heterocycles. The van der Waals surface area contributed by atoms with Gasteiger partial charge in [0.15, 0.2) is 0 Å². The molecule has 1 unspecified atom stereocenters. The van der Waals surface area contributed by atoms with Gasteiger partial charge in [-0.3, -0.25) is 0 Å². The summed E-state index contributed by atoms with van der Waals surface area (Å²) >= 11 is 4.76. The zero-order valence-corrected chi connectivity index (χ0v) is 13.8. The van der Waals surface area contributed by atoms with Crippen LogP contribution in [0.2, 0.25) is 0 Å². The molecule has 0 aliphatic carbocycles. The first-order valence-corrected chi connectivity index (χ1v) is 9.15. The molecule has 1 aromatic rings. The minimum absolute atomic E-state index is 0.127. The van der Waals surface area contributed by atoms with E-state index in [0.717, 1.165) is 17.7 Å². The topological polar surface area (TPSA) is 67.4 Å². The molecule has 108 valence electrons. The Labute approximate surface area is 125 Å². The second kappa shape index (κ2) is 6.64. The Hall–Kier alpha value is 0.01000. The highest BCUT2D eigenvalue weighted by Crippen LogP contribution is 2.31. The number of hydrogen-bond acceptors (Lipinski definition) is 5. The van der Waals surface area contributed by atoms with Crippen molar-refractivity contribution in [3.63, 3.8) is 0 Å². The summed E-state index contributed by atoms with van der Waals surface area (Å²) in [7, 11) is -1.65. The van der Waals surface area contributed by atoms with Crippen LogP contribution in [0, 0.1) is 0 Å². The predicted octanol–water partition coefficient (Wildman–Crippen LogP) is 1.69. The third kappa shape index (κ3) is 3.99. The third-order valence-electron chi connectivity index (χ3n) is 2.83. The first-order chi connectivity index (χ1) is 9.03. The Morgan fingerprint density at radius 1 is 1.58 bits per heavy atom. The fourth-order valence-corrected chi connectivity index (χ4v) is 5.91. The van der Waals surface area contributed by atoms with Gasteiger partial charge in [0.05, 0.1) is 10.4 Å². The molecular formula is C11H17BrN2O3S2. The van der Waals surface area contributed by atoms with Crippen molar-refractivity contribution >= 4 is 37.3 Å². The average molecular weight is 369 g/mol. The molecule has 1 aliphatic heterocycles. The second-order valence-corrected chi connectivity index (χ2v) is 8.55. The predicted molar refractivity (Wildman–Crippen MR) is 78.9 cm³/mol. The minimum atomic E-state index is -3.48. The maximum atomic E-state index is 12.3. The lowest BCUT2D eigenvalue weighted by Gasteiger charge is -2.22. The van der Waals surface area contributed by atoms with Gasteiger partial charge in [0.25, 0.3) is 0 Å². The maximum absolute atomic E-state index is 12.3. The molecule has 0 spiro atoms. The fourth-order valence-electron chi connectivity index (χ4n) is 1.96. The lowest BCUT2D eigenvalue weighted by Crippen LogP contribution is -2.40. The fraction of sp³-hybridized carbons (Fsp3) is 0.636. The Kier molecular flexibility index (Phi) is 5.38. The van der Waals surface area contributed by atoms with Crippen LogP contribution in [-0.4, -0.2) is 34.7 Å². The SMILES string of the molecule is CNCc1cc(S(=O)(=O)NC2CCCOC2)c(Br)s1. The highest BCUT2D eigenvalue weighted by atomic mass is 79.9. The van der Waals surface area contributed by atoms with Crippen LogP contribution in [0.5, 0.6) is 0 Å². The lowest BCUT2D eigenvalue weighted by atomic mass is 10.1. The summed E-state index contributed by atoms with van der Waals surface area (Å²) in [6, 6.07) is 1.58. The average Bonchev–Trinajstić information content (AvgIpc) is 2.72. The lowest BCUT2D eigenvalue weighted by molar-refractivity contribution is 0.0774. The summed E-state index contributed by atoms with van der Waals surface area (Å²) in [5.74, 6) is 0. The van der Waals surface area contributed by atoms with Gasteiger partial charge >= 0.3 is 0 Å². The van der Waals surface area contributed by atoms with Crippen LogP contribution in [0.3, 0.4) is 0 Å². The highest BCUT2D eigenvalue weighted by Gasteiger charge is 2.25. The van der Waals surface area contributed by atoms with Crippen molar-refractivity contribution in [3.8, 4) is 0 Å². The molecule has 5 nitrogen and oxygen atoms in total. The molecule has 0 aromatic carbocycles. The van der Waals surface area contributed by atoms with E-state index in [9.17, 15) is 8.42 Å². The van der Waals surface area contributed by atoms with E-state index in [1.165, 1.54) is 11.3 Å². The van der Waals surface area contributed by atoms with Gasteiger partial charge in [-0.25, -0.2) is 13.1 Å². The van der Waals surface area contributed by atoms with E-state index in [-0.39, 0.29) is 6.04 Å². The van der Waals surface area contributed by atoms with Gasteiger partial charge in [0, 0.05) is 24.1 Å². The summed E-state index contributed by atoms with van der Waals surface area (Å²) < 4.78 is 33.3. The van der Waals surface area contributed by atoms with Gasteiger partial charge < -0.3 is 10.1 Å². The van der Waals surface area contributed by atoms with Crippen molar-refractivity contribution < 1.29 is 13.2 Å². The smallest absolute Gasteiger partial charge is 0.242 e. The van der Waals surface area contributed by atoms with Crippen LogP contribution in [0.15, 0.2) is 14.7 Å². The Morgan fingerprint density at radius 3 is 3.00 bits per heavy atom. The number of hydrogen-bond donors (Lipinski definition) is 2. The number of halogens is 1. The quantitative estimate of drug-likeness (QED) is 0.829. The molecule has 0 saturated carbocycles. The minimum Gasteiger partial charge on any atom is -0.380 e. The highest BCUT2D eigenvalue weighted by molar-refractivity contribution is 9.11. The molecule has 0 bridgehead atoms. The zero-order valence-electron chi connectivity index (χ0n) is 10.6. The third-order valence-corrected chi connectivity index (χ3v) is 6.60. The molecule has 19 heavy (non-hydrogen) atoms. The molecule has 0 radical (unpaired) electrons. The van der Waals surface area contributed by atoms with Gasteiger partial charge in [-0.1, -0.05) is 0 Å². The van der Waals surface area contributed by atoms with Crippen molar-refractivity contribution in [1.82, 2.24) is 10.0 Å². The summed E-state index contributed by atoms with van der Waals surface area (Å²) in [6.07, 6.45) is 1.72. The maximum Gasteiger partial charge on any atom is 0.242 e. The first-order valence-electron chi connectivity index (χ1n) is 6.06. The molecule has 1 aliphatic rings. The summed E-state index contributed by atoms with van der Waals surface area (Å²) in [5, 5.41) is 3.01. The first kappa shape index (κ1) is 15.4. The molecule has 1 atom stereocenters. The van der Waals surface area contributed by atoms with Crippen molar-refractivity contribution in [1.29, 1.82) is 0 Å². The normalized spacial score (nSPS) is 20.6. The van der Waals surface area contributed by atoms with Crippen LogP contribution < -0.4 is 10.0 Å². The largest absolute Gasteiger partial charge is 0.380 e. The zero-order chi connectivity index (χ0) is 13.9. The van der Waals surface area contributed by atoms with Crippen LogP contribution >= 0.6 is 27.3 Å². The number of nitrogens with one attached hydrogen (secondary N) is 2. The van der Waals surface area contributed by atoms with E-state index >= 15 is 0 Å². The van der Waals surface area contributed by atoms with E-state index in [1.54, 1.807) is 6.07 Å². The summed E-state index contributed by atoms with van der Waals surface area (Å²) in [4.78, 5) is 1.29. The number of thiophene rings is 1. The summed E-state index contributed by atoms with van der Waals surface area (Å²) in [5.41, 5.74) is 0. The monoisotopic (exact) mass is 368 g/mol. The molecule has 1 aromatic heterocycles. The second-order valence-electron chi connectivity index (χ2n) is 4.42. The molecular weight excluding hydrogens is 352 g/mol. The van der Waals surface area contributed by atoms with Gasteiger partial charge in [-0.15, -0.1) is 11.3 Å². The number of sulfonamides is 1. The van der Waals surface area contributed by atoms with Crippen molar-refractivity contribution in [2.45, 2.75) is 30.3 Å². The van der Waals surface area contributed by atoms with E-state index < -0.39 is 10.0 Å². The Balaban J connectivity index is 2.14.